The van der Waals surface area contributed by atoms with E-state index >= 15 is 0 Å². The minimum absolute atomic E-state index is 0.0883. The number of halogens is 2. The zero-order chi connectivity index (χ0) is 22.7. The highest BCUT2D eigenvalue weighted by atomic mass is 35.5. The zero-order valence-electron chi connectivity index (χ0n) is 16.4. The van der Waals surface area contributed by atoms with Crippen molar-refractivity contribution in [2.75, 3.05) is 10.6 Å². The second kappa shape index (κ2) is 9.39. The molecule has 4 rings (SSSR count). The fraction of sp³-hybridized carbons (Fsp3) is 0.0476. The van der Waals surface area contributed by atoms with Gasteiger partial charge in [-0.25, -0.2) is 14.5 Å². The fourth-order valence-corrected chi connectivity index (χ4v) is 3.93. The highest BCUT2D eigenvalue weighted by Crippen LogP contribution is 2.30. The number of hydrogen-bond donors (Lipinski definition) is 3. The van der Waals surface area contributed by atoms with Gasteiger partial charge in [0.1, 0.15) is 16.5 Å². The number of nitrogens with zero attached hydrogens (tertiary/aromatic N) is 3. The van der Waals surface area contributed by atoms with Crippen LogP contribution in [0.15, 0.2) is 60.1 Å². The number of carbonyl (C=O) groups excluding carboxylic acids is 2. The monoisotopic (exact) mass is 486 g/mol. The molecule has 11 heteroatoms. The maximum Gasteiger partial charge on any atom is 0.324 e. The van der Waals surface area contributed by atoms with Crippen LogP contribution in [-0.2, 0) is 11.2 Å². The summed E-state index contributed by atoms with van der Waals surface area (Å²) in [5, 5.41) is 13.1. The van der Waals surface area contributed by atoms with Crippen LogP contribution >= 0.6 is 34.5 Å². The predicted octanol–water partition coefficient (Wildman–Crippen LogP) is 4.97. The van der Waals surface area contributed by atoms with Crippen molar-refractivity contribution in [3.05, 3.63) is 75.7 Å². The molecular weight excluding hydrogens is 471 g/mol. The Balaban J connectivity index is 1.67. The normalized spacial score (nSPS) is 10.7. The van der Waals surface area contributed by atoms with E-state index in [0.717, 1.165) is 5.56 Å². The maximum atomic E-state index is 12.7. The average Bonchev–Trinajstić information content (AvgIpc) is 3.41. The summed E-state index contributed by atoms with van der Waals surface area (Å²) in [7, 11) is 0. The topological polar surface area (TPSA) is 115 Å². The molecule has 0 aliphatic heterocycles. The molecule has 0 aliphatic carbocycles. The van der Waals surface area contributed by atoms with Gasteiger partial charge in [-0.05, 0) is 29.8 Å². The Kier molecular flexibility index (Phi) is 6.40. The molecule has 0 saturated carbocycles. The SMILES string of the molecule is NC(=O)Cc1cccc(-n2nc(-c3nccs3)cc2NC(=O)Nc2cccc(Cl)c2Cl)c1. The van der Waals surface area contributed by atoms with Crippen LogP contribution in [0.3, 0.4) is 0 Å². The second-order valence-electron chi connectivity index (χ2n) is 6.66. The van der Waals surface area contributed by atoms with Gasteiger partial charge < -0.3 is 11.1 Å². The van der Waals surface area contributed by atoms with E-state index in [1.165, 1.54) is 11.3 Å². The van der Waals surface area contributed by atoms with Gasteiger partial charge in [0.15, 0.2) is 0 Å². The van der Waals surface area contributed by atoms with Crippen LogP contribution in [0.25, 0.3) is 16.4 Å². The summed E-state index contributed by atoms with van der Waals surface area (Å²) in [6, 6.07) is 13.3. The third-order valence-electron chi connectivity index (χ3n) is 4.34. The molecule has 0 aliphatic rings. The van der Waals surface area contributed by atoms with Crippen LogP contribution in [0.4, 0.5) is 16.3 Å². The van der Waals surface area contributed by atoms with Gasteiger partial charge in [-0.1, -0.05) is 41.4 Å². The highest BCUT2D eigenvalue weighted by Gasteiger charge is 2.16. The van der Waals surface area contributed by atoms with Crippen LogP contribution in [0.2, 0.25) is 10.0 Å². The van der Waals surface area contributed by atoms with Crippen molar-refractivity contribution in [1.29, 1.82) is 0 Å². The number of nitrogens with one attached hydrogen (secondary N) is 2. The van der Waals surface area contributed by atoms with E-state index in [1.54, 1.807) is 59.4 Å². The van der Waals surface area contributed by atoms with Crippen molar-refractivity contribution in [1.82, 2.24) is 14.8 Å². The highest BCUT2D eigenvalue weighted by molar-refractivity contribution is 7.13. The molecular formula is C21H16Cl2N6O2S. The van der Waals surface area contributed by atoms with Gasteiger partial charge in [0.05, 0.1) is 27.8 Å². The first-order chi connectivity index (χ1) is 15.4. The van der Waals surface area contributed by atoms with Crippen LogP contribution < -0.4 is 16.4 Å². The number of primary amides is 1. The zero-order valence-corrected chi connectivity index (χ0v) is 18.7. The van der Waals surface area contributed by atoms with E-state index in [2.05, 4.69) is 20.7 Å². The lowest BCUT2D eigenvalue weighted by atomic mass is 10.1. The largest absolute Gasteiger partial charge is 0.369 e. The Morgan fingerprint density at radius 3 is 2.66 bits per heavy atom. The molecule has 4 aromatic rings. The minimum atomic E-state index is -0.533. The summed E-state index contributed by atoms with van der Waals surface area (Å²) in [6.45, 7) is 0. The summed E-state index contributed by atoms with van der Waals surface area (Å²) in [6.07, 6.45) is 1.76. The number of rotatable bonds is 6. The third kappa shape index (κ3) is 4.91. The van der Waals surface area contributed by atoms with Gasteiger partial charge in [-0.15, -0.1) is 11.3 Å². The summed E-state index contributed by atoms with van der Waals surface area (Å²) >= 11 is 13.6. The Hall–Kier alpha value is -3.40. The molecule has 0 fully saturated rings. The van der Waals surface area contributed by atoms with Gasteiger partial charge >= 0.3 is 6.03 Å². The first-order valence-corrected chi connectivity index (χ1v) is 10.9. The van der Waals surface area contributed by atoms with Crippen LogP contribution in [0.5, 0.6) is 0 Å². The Morgan fingerprint density at radius 1 is 1.09 bits per heavy atom. The van der Waals surface area contributed by atoms with Gasteiger partial charge in [0.2, 0.25) is 5.91 Å². The molecule has 162 valence electrons. The third-order valence-corrected chi connectivity index (χ3v) is 5.95. The van der Waals surface area contributed by atoms with E-state index in [4.69, 9.17) is 28.9 Å². The molecule has 8 nitrogen and oxygen atoms in total. The number of benzene rings is 2. The molecule has 0 radical (unpaired) electrons. The molecule has 0 bridgehead atoms. The molecule has 2 heterocycles. The van der Waals surface area contributed by atoms with Crippen molar-refractivity contribution in [2.24, 2.45) is 5.73 Å². The molecule has 3 amide bonds. The summed E-state index contributed by atoms with van der Waals surface area (Å²) in [5.41, 5.74) is 7.63. The number of urea groups is 1. The number of carbonyl (C=O) groups is 2. The van der Waals surface area contributed by atoms with Gasteiger partial charge in [0, 0.05) is 17.6 Å². The van der Waals surface area contributed by atoms with E-state index in [0.29, 0.717) is 32.9 Å². The molecule has 0 spiro atoms. The van der Waals surface area contributed by atoms with Crippen LogP contribution in [0, 0.1) is 0 Å². The molecule has 0 unspecified atom stereocenters. The second-order valence-corrected chi connectivity index (χ2v) is 8.34. The number of amides is 3. The van der Waals surface area contributed by atoms with Crippen molar-refractivity contribution >= 4 is 58.0 Å². The van der Waals surface area contributed by atoms with E-state index < -0.39 is 11.9 Å². The molecule has 0 saturated heterocycles. The minimum Gasteiger partial charge on any atom is -0.369 e. The quantitative estimate of drug-likeness (QED) is 0.356. The molecule has 4 N–H and O–H groups in total. The first kappa shape index (κ1) is 21.8. The Labute approximate surface area is 197 Å². The van der Waals surface area contributed by atoms with E-state index in [1.807, 2.05) is 5.38 Å². The lowest BCUT2D eigenvalue weighted by molar-refractivity contribution is -0.117. The van der Waals surface area contributed by atoms with Crippen molar-refractivity contribution in [2.45, 2.75) is 6.42 Å². The number of thiazole rings is 1. The fourth-order valence-electron chi connectivity index (χ4n) is 2.99. The Bertz CT molecular complexity index is 1290. The van der Waals surface area contributed by atoms with Crippen molar-refractivity contribution in [3.8, 4) is 16.4 Å². The Morgan fingerprint density at radius 2 is 1.91 bits per heavy atom. The number of nitrogens with two attached hydrogens (primary N) is 1. The van der Waals surface area contributed by atoms with Gasteiger partial charge in [-0.2, -0.15) is 5.10 Å². The van der Waals surface area contributed by atoms with Gasteiger partial charge in [-0.3, -0.25) is 10.1 Å². The van der Waals surface area contributed by atoms with Crippen LogP contribution in [0.1, 0.15) is 5.56 Å². The molecule has 32 heavy (non-hydrogen) atoms. The number of aromatic nitrogens is 3. The molecule has 2 aromatic heterocycles. The average molecular weight is 487 g/mol. The lowest BCUT2D eigenvalue weighted by Crippen LogP contribution is -2.21. The van der Waals surface area contributed by atoms with Crippen molar-refractivity contribution in [3.63, 3.8) is 0 Å². The molecule has 2 aromatic carbocycles. The van der Waals surface area contributed by atoms with Crippen molar-refractivity contribution < 1.29 is 9.59 Å². The van der Waals surface area contributed by atoms with Gasteiger partial charge in [0.25, 0.3) is 0 Å². The summed E-state index contributed by atoms with van der Waals surface area (Å²) < 4.78 is 1.56. The smallest absolute Gasteiger partial charge is 0.324 e. The van der Waals surface area contributed by atoms with E-state index in [-0.39, 0.29) is 11.4 Å². The molecule has 0 atom stereocenters. The predicted molar refractivity (Wildman–Crippen MR) is 127 cm³/mol. The van der Waals surface area contributed by atoms with Crippen LogP contribution in [-0.4, -0.2) is 26.7 Å². The maximum absolute atomic E-state index is 12.7. The number of anilines is 2. The lowest BCUT2D eigenvalue weighted by Gasteiger charge is -2.12. The standard InChI is InChI=1S/C21H16Cl2N6O2S/c22-14-5-2-6-15(19(14)23)26-21(31)27-18-11-16(20-25-7-8-32-20)28-29(18)13-4-1-3-12(9-13)10-17(24)30/h1-9,11H,10H2,(H2,24,30)(H2,26,27,31). The first-order valence-electron chi connectivity index (χ1n) is 9.30. The number of hydrogen-bond acceptors (Lipinski definition) is 5. The summed E-state index contributed by atoms with van der Waals surface area (Å²) in [4.78, 5) is 28.3. The summed E-state index contributed by atoms with van der Waals surface area (Å²) in [5.74, 6) is -0.0516. The van der Waals surface area contributed by atoms with E-state index in [9.17, 15) is 9.59 Å².